The smallest absolute Gasteiger partial charge is 0.124 e. The summed E-state index contributed by atoms with van der Waals surface area (Å²) < 4.78 is 15.4. The number of rotatable bonds is 2. The lowest BCUT2D eigenvalue weighted by molar-refractivity contribution is 0.618. The number of aromatic nitrogens is 2. The van der Waals surface area contributed by atoms with Crippen LogP contribution in [0.3, 0.4) is 0 Å². The summed E-state index contributed by atoms with van der Waals surface area (Å²) in [5.41, 5.74) is 0.835. The monoisotopic (exact) mass is 288 g/mol. The van der Waals surface area contributed by atoms with Gasteiger partial charge in [-0.25, -0.2) is 4.39 Å². The van der Waals surface area contributed by atoms with Crippen molar-refractivity contribution in [3.8, 4) is 0 Å². The van der Waals surface area contributed by atoms with E-state index in [1.807, 2.05) is 6.07 Å². The fraction of sp³-hybridized carbons (Fsp3) is 0.100. The first-order valence-corrected chi connectivity index (χ1v) is 5.43. The van der Waals surface area contributed by atoms with Crippen LogP contribution in [0.5, 0.6) is 0 Å². The van der Waals surface area contributed by atoms with Gasteiger partial charge in [-0.3, -0.25) is 4.68 Å². The van der Waals surface area contributed by atoms with Gasteiger partial charge >= 0.3 is 0 Å². The van der Waals surface area contributed by atoms with Crippen molar-refractivity contribution in [3.05, 3.63) is 51.5 Å². The van der Waals surface area contributed by atoms with Crippen molar-refractivity contribution in [1.82, 2.24) is 9.78 Å². The SMILES string of the molecule is Fc1cc(Br)cc(Cn2cc(Cl)cn2)c1. The first kappa shape index (κ1) is 10.6. The molecule has 0 aliphatic carbocycles. The molecule has 0 bridgehead atoms. The van der Waals surface area contributed by atoms with E-state index in [1.165, 1.54) is 12.1 Å². The van der Waals surface area contributed by atoms with E-state index >= 15 is 0 Å². The first-order chi connectivity index (χ1) is 7.13. The van der Waals surface area contributed by atoms with Crippen LogP contribution < -0.4 is 0 Å². The maximum absolute atomic E-state index is 13.1. The third kappa shape index (κ3) is 2.79. The molecule has 0 N–H and O–H groups in total. The Bertz CT molecular complexity index is 464. The van der Waals surface area contributed by atoms with Gasteiger partial charge < -0.3 is 0 Å². The number of nitrogens with zero attached hydrogens (tertiary/aromatic N) is 2. The minimum absolute atomic E-state index is 0.266. The van der Waals surface area contributed by atoms with Gasteiger partial charge in [0.25, 0.3) is 0 Å². The van der Waals surface area contributed by atoms with Crippen molar-refractivity contribution in [2.45, 2.75) is 6.54 Å². The van der Waals surface area contributed by atoms with Gasteiger partial charge in [-0.1, -0.05) is 27.5 Å². The number of halogens is 3. The van der Waals surface area contributed by atoms with Gasteiger partial charge in [0.2, 0.25) is 0 Å². The van der Waals surface area contributed by atoms with Crippen LogP contribution in [-0.2, 0) is 6.54 Å². The van der Waals surface area contributed by atoms with Crippen LogP contribution in [0.2, 0.25) is 5.02 Å². The van der Waals surface area contributed by atoms with E-state index in [-0.39, 0.29) is 5.82 Å². The van der Waals surface area contributed by atoms with Crippen molar-refractivity contribution >= 4 is 27.5 Å². The normalized spacial score (nSPS) is 10.6. The number of benzene rings is 1. The minimum Gasteiger partial charge on any atom is -0.267 e. The summed E-state index contributed by atoms with van der Waals surface area (Å²) in [6.07, 6.45) is 3.25. The largest absolute Gasteiger partial charge is 0.267 e. The zero-order valence-corrected chi connectivity index (χ0v) is 9.96. The van der Waals surface area contributed by atoms with Gasteiger partial charge in [-0.15, -0.1) is 0 Å². The van der Waals surface area contributed by atoms with E-state index in [2.05, 4.69) is 21.0 Å². The Balaban J connectivity index is 2.24. The summed E-state index contributed by atoms with van der Waals surface area (Å²) in [6.45, 7) is 0.503. The molecule has 2 rings (SSSR count). The van der Waals surface area contributed by atoms with Crippen molar-refractivity contribution in [3.63, 3.8) is 0 Å². The summed E-state index contributed by atoms with van der Waals surface area (Å²) >= 11 is 8.96. The fourth-order valence-corrected chi connectivity index (χ4v) is 1.98. The van der Waals surface area contributed by atoms with Crippen molar-refractivity contribution in [2.75, 3.05) is 0 Å². The van der Waals surface area contributed by atoms with E-state index < -0.39 is 0 Å². The molecule has 0 aliphatic rings. The standard InChI is InChI=1S/C10H7BrClFN2/c11-8-1-7(2-10(13)3-8)5-15-6-9(12)4-14-15/h1-4,6H,5H2. The first-order valence-electron chi connectivity index (χ1n) is 4.26. The highest BCUT2D eigenvalue weighted by Gasteiger charge is 2.01. The molecule has 0 spiro atoms. The quantitative estimate of drug-likeness (QED) is 0.827. The summed E-state index contributed by atoms with van der Waals surface area (Å²) in [4.78, 5) is 0. The molecule has 0 amide bonds. The molecule has 0 fully saturated rings. The highest BCUT2D eigenvalue weighted by molar-refractivity contribution is 9.10. The second-order valence-electron chi connectivity index (χ2n) is 3.13. The molecule has 0 unspecified atom stereocenters. The Morgan fingerprint density at radius 1 is 1.40 bits per heavy atom. The van der Waals surface area contributed by atoms with Gasteiger partial charge in [0.1, 0.15) is 5.82 Å². The van der Waals surface area contributed by atoms with Crippen LogP contribution >= 0.6 is 27.5 Å². The lowest BCUT2D eigenvalue weighted by Gasteiger charge is -2.02. The zero-order valence-electron chi connectivity index (χ0n) is 7.62. The Morgan fingerprint density at radius 3 is 2.80 bits per heavy atom. The predicted molar refractivity (Wildman–Crippen MR) is 60.4 cm³/mol. The van der Waals surface area contributed by atoms with Gasteiger partial charge in [0.15, 0.2) is 0 Å². The lowest BCUT2D eigenvalue weighted by Crippen LogP contribution is -2.00. The molecular weight excluding hydrogens is 282 g/mol. The average Bonchev–Trinajstić information content (AvgIpc) is 2.49. The van der Waals surface area contributed by atoms with E-state index in [0.29, 0.717) is 11.6 Å². The van der Waals surface area contributed by atoms with Crippen LogP contribution in [-0.4, -0.2) is 9.78 Å². The minimum atomic E-state index is -0.266. The molecule has 2 nitrogen and oxygen atoms in total. The summed E-state index contributed by atoms with van der Waals surface area (Å²) in [5, 5.41) is 4.59. The van der Waals surface area contributed by atoms with E-state index in [4.69, 9.17) is 11.6 Å². The van der Waals surface area contributed by atoms with Crippen LogP contribution in [0.4, 0.5) is 4.39 Å². The third-order valence-corrected chi connectivity index (χ3v) is 2.52. The van der Waals surface area contributed by atoms with E-state index in [9.17, 15) is 4.39 Å². The summed E-state index contributed by atoms with van der Waals surface area (Å²) in [6, 6.07) is 4.73. The molecular formula is C10H7BrClFN2. The van der Waals surface area contributed by atoms with E-state index in [1.54, 1.807) is 17.1 Å². The van der Waals surface area contributed by atoms with Crippen LogP contribution in [0, 0.1) is 5.82 Å². The van der Waals surface area contributed by atoms with Gasteiger partial charge in [-0.05, 0) is 23.8 Å². The summed E-state index contributed by atoms with van der Waals surface area (Å²) in [7, 11) is 0. The average molecular weight is 290 g/mol. The molecule has 78 valence electrons. The molecule has 1 aromatic heterocycles. The second kappa shape index (κ2) is 4.33. The molecule has 0 radical (unpaired) electrons. The van der Waals surface area contributed by atoms with Crippen LogP contribution in [0.15, 0.2) is 35.1 Å². The van der Waals surface area contributed by atoms with Crippen molar-refractivity contribution < 1.29 is 4.39 Å². The van der Waals surface area contributed by atoms with Crippen LogP contribution in [0.25, 0.3) is 0 Å². The highest BCUT2D eigenvalue weighted by atomic mass is 79.9. The molecule has 2 aromatic rings. The van der Waals surface area contributed by atoms with Gasteiger partial charge in [-0.2, -0.15) is 5.10 Å². The maximum atomic E-state index is 13.1. The number of hydrogen-bond donors (Lipinski definition) is 0. The molecule has 0 atom stereocenters. The molecule has 1 heterocycles. The van der Waals surface area contributed by atoms with Crippen molar-refractivity contribution in [1.29, 1.82) is 0 Å². The molecule has 15 heavy (non-hydrogen) atoms. The Morgan fingerprint density at radius 2 is 2.20 bits per heavy atom. The topological polar surface area (TPSA) is 17.8 Å². The fourth-order valence-electron chi connectivity index (χ4n) is 1.31. The van der Waals surface area contributed by atoms with Crippen LogP contribution in [0.1, 0.15) is 5.56 Å². The highest BCUT2D eigenvalue weighted by Crippen LogP contribution is 2.16. The lowest BCUT2D eigenvalue weighted by atomic mass is 10.2. The number of hydrogen-bond acceptors (Lipinski definition) is 1. The molecule has 0 saturated carbocycles. The Kier molecular flexibility index (Phi) is 3.07. The summed E-state index contributed by atoms with van der Waals surface area (Å²) in [5.74, 6) is -0.266. The predicted octanol–water partition coefficient (Wildman–Crippen LogP) is 3.49. The molecule has 0 aliphatic heterocycles. The molecule has 5 heteroatoms. The second-order valence-corrected chi connectivity index (χ2v) is 4.49. The third-order valence-electron chi connectivity index (χ3n) is 1.87. The van der Waals surface area contributed by atoms with Crippen molar-refractivity contribution in [2.24, 2.45) is 0 Å². The maximum Gasteiger partial charge on any atom is 0.124 e. The Labute approximate surface area is 99.8 Å². The molecule has 0 saturated heterocycles. The van der Waals surface area contributed by atoms with Gasteiger partial charge in [0, 0.05) is 10.7 Å². The van der Waals surface area contributed by atoms with Gasteiger partial charge in [0.05, 0.1) is 17.8 Å². The molecule has 1 aromatic carbocycles. The Hall–Kier alpha value is -0.870. The zero-order chi connectivity index (χ0) is 10.8. The van der Waals surface area contributed by atoms with E-state index in [0.717, 1.165) is 10.0 Å².